The average molecular weight is 403 g/mol. The van der Waals surface area contributed by atoms with Crippen LogP contribution in [0.3, 0.4) is 0 Å². The van der Waals surface area contributed by atoms with Crippen molar-refractivity contribution in [3.05, 3.63) is 53.1 Å². The first-order chi connectivity index (χ1) is 13.5. The highest BCUT2D eigenvalue weighted by atomic mass is 35.5. The van der Waals surface area contributed by atoms with Crippen molar-refractivity contribution < 1.29 is 19.1 Å². The maximum Gasteiger partial charge on any atom is 0.227 e. The maximum absolute atomic E-state index is 12.5. The first-order valence-corrected chi connectivity index (χ1v) is 9.44. The molecule has 1 N–H and O–H groups in total. The third kappa shape index (κ3) is 4.57. The summed E-state index contributed by atoms with van der Waals surface area (Å²) in [4.78, 5) is 26.4. The van der Waals surface area contributed by atoms with Crippen LogP contribution in [0.5, 0.6) is 11.5 Å². The molecule has 7 heteroatoms. The minimum absolute atomic E-state index is 0.0673. The molecule has 2 amide bonds. The topological polar surface area (TPSA) is 67.9 Å². The minimum atomic E-state index is -0.364. The van der Waals surface area contributed by atoms with Crippen LogP contribution in [0.4, 0.5) is 5.69 Å². The second-order valence-corrected chi connectivity index (χ2v) is 7.05. The Hall–Kier alpha value is -2.73. The molecule has 3 rings (SSSR count). The Labute approximate surface area is 169 Å². The monoisotopic (exact) mass is 402 g/mol. The van der Waals surface area contributed by atoms with Crippen molar-refractivity contribution in [2.45, 2.75) is 12.8 Å². The second-order valence-electron chi connectivity index (χ2n) is 6.62. The quantitative estimate of drug-likeness (QED) is 0.772. The molecule has 1 atom stereocenters. The van der Waals surface area contributed by atoms with Gasteiger partial charge in [-0.1, -0.05) is 23.7 Å². The van der Waals surface area contributed by atoms with E-state index in [9.17, 15) is 9.59 Å². The van der Waals surface area contributed by atoms with Crippen molar-refractivity contribution in [1.82, 2.24) is 5.32 Å². The molecule has 2 aromatic carbocycles. The Kier molecular flexibility index (Phi) is 6.41. The van der Waals surface area contributed by atoms with Gasteiger partial charge in [-0.15, -0.1) is 0 Å². The Morgan fingerprint density at radius 3 is 2.68 bits per heavy atom. The highest BCUT2D eigenvalue weighted by molar-refractivity contribution is 6.31. The van der Waals surface area contributed by atoms with Crippen LogP contribution in [0.15, 0.2) is 42.5 Å². The van der Waals surface area contributed by atoms with Crippen molar-refractivity contribution in [3.63, 3.8) is 0 Å². The third-order valence-corrected chi connectivity index (χ3v) is 5.01. The molecule has 6 nitrogen and oxygen atoms in total. The zero-order valence-electron chi connectivity index (χ0n) is 15.9. The fourth-order valence-electron chi connectivity index (χ4n) is 3.29. The van der Waals surface area contributed by atoms with Gasteiger partial charge in [0.15, 0.2) is 11.5 Å². The highest BCUT2D eigenvalue weighted by Crippen LogP contribution is 2.28. The maximum atomic E-state index is 12.5. The molecule has 0 bridgehead atoms. The van der Waals surface area contributed by atoms with Crippen molar-refractivity contribution in [2.24, 2.45) is 5.92 Å². The van der Waals surface area contributed by atoms with Crippen molar-refractivity contribution in [2.75, 3.05) is 32.2 Å². The first-order valence-electron chi connectivity index (χ1n) is 9.06. The van der Waals surface area contributed by atoms with Gasteiger partial charge in [-0.05, 0) is 42.3 Å². The van der Waals surface area contributed by atoms with E-state index in [-0.39, 0.29) is 24.2 Å². The lowest BCUT2D eigenvalue weighted by Crippen LogP contribution is -2.34. The van der Waals surface area contributed by atoms with Gasteiger partial charge in [0, 0.05) is 30.2 Å². The number of benzene rings is 2. The Morgan fingerprint density at radius 1 is 1.18 bits per heavy atom. The number of halogens is 1. The lowest BCUT2D eigenvalue weighted by atomic mass is 10.1. The van der Waals surface area contributed by atoms with Crippen LogP contribution in [0, 0.1) is 5.92 Å². The van der Waals surface area contributed by atoms with Gasteiger partial charge in [-0.3, -0.25) is 9.59 Å². The molecule has 148 valence electrons. The zero-order chi connectivity index (χ0) is 20.1. The summed E-state index contributed by atoms with van der Waals surface area (Å²) in [5.41, 5.74) is 1.75. The van der Waals surface area contributed by atoms with E-state index in [4.69, 9.17) is 21.1 Å². The molecular formula is C21H23ClN2O4. The van der Waals surface area contributed by atoms with Crippen LogP contribution in [-0.4, -0.2) is 39.1 Å². The van der Waals surface area contributed by atoms with E-state index in [1.54, 1.807) is 37.3 Å². The number of carbonyl (C=O) groups is 2. The summed E-state index contributed by atoms with van der Waals surface area (Å²) >= 11 is 6.00. The number of nitrogens with one attached hydrogen (secondary N) is 1. The standard InChI is InChI=1S/C21H23ClN2O4/c1-27-18-7-6-14(10-19(18)28-2)8-9-23-21(26)15-11-20(25)24(13-15)17-5-3-4-16(22)12-17/h3-7,10,12,15H,8-9,11,13H2,1-2H3,(H,23,26). The van der Waals surface area contributed by atoms with E-state index >= 15 is 0 Å². The molecule has 1 fully saturated rings. The number of anilines is 1. The summed E-state index contributed by atoms with van der Waals surface area (Å²) in [6.45, 7) is 0.845. The molecular weight excluding hydrogens is 380 g/mol. The third-order valence-electron chi connectivity index (χ3n) is 4.78. The van der Waals surface area contributed by atoms with Gasteiger partial charge in [0.2, 0.25) is 11.8 Å². The minimum Gasteiger partial charge on any atom is -0.493 e. The van der Waals surface area contributed by atoms with Gasteiger partial charge in [0.1, 0.15) is 0 Å². The summed E-state index contributed by atoms with van der Waals surface area (Å²) < 4.78 is 10.5. The Morgan fingerprint density at radius 2 is 1.96 bits per heavy atom. The molecule has 0 saturated carbocycles. The molecule has 28 heavy (non-hydrogen) atoms. The Bertz CT molecular complexity index is 871. The van der Waals surface area contributed by atoms with E-state index in [1.807, 2.05) is 24.3 Å². The fourth-order valence-corrected chi connectivity index (χ4v) is 3.47. The summed E-state index contributed by atoms with van der Waals surface area (Å²) in [5.74, 6) is 0.781. The molecule has 1 heterocycles. The predicted octanol–water partition coefficient (Wildman–Crippen LogP) is 3.07. The number of amides is 2. The second kappa shape index (κ2) is 8.97. The van der Waals surface area contributed by atoms with Crippen LogP contribution in [0.2, 0.25) is 5.02 Å². The average Bonchev–Trinajstić information content (AvgIpc) is 3.09. The molecule has 0 aromatic heterocycles. The van der Waals surface area contributed by atoms with Gasteiger partial charge < -0.3 is 19.7 Å². The van der Waals surface area contributed by atoms with E-state index in [0.29, 0.717) is 36.0 Å². The molecule has 1 unspecified atom stereocenters. The number of carbonyl (C=O) groups excluding carboxylic acids is 2. The molecule has 0 spiro atoms. The van der Waals surface area contributed by atoms with Gasteiger partial charge in [0.25, 0.3) is 0 Å². The molecule has 2 aromatic rings. The lowest BCUT2D eigenvalue weighted by Gasteiger charge is -2.17. The van der Waals surface area contributed by atoms with Crippen molar-refractivity contribution in [1.29, 1.82) is 0 Å². The van der Waals surface area contributed by atoms with Crippen LogP contribution in [-0.2, 0) is 16.0 Å². The van der Waals surface area contributed by atoms with Crippen LogP contribution >= 0.6 is 11.6 Å². The largest absolute Gasteiger partial charge is 0.493 e. The SMILES string of the molecule is COc1ccc(CCNC(=O)C2CC(=O)N(c3cccc(Cl)c3)C2)cc1OC. The number of rotatable bonds is 7. The first kappa shape index (κ1) is 20.0. The number of hydrogen-bond acceptors (Lipinski definition) is 4. The molecule has 1 aliphatic heterocycles. The number of nitrogens with zero attached hydrogens (tertiary/aromatic N) is 1. The smallest absolute Gasteiger partial charge is 0.227 e. The number of methoxy groups -OCH3 is 2. The van der Waals surface area contributed by atoms with Crippen molar-refractivity contribution in [3.8, 4) is 11.5 Å². The van der Waals surface area contributed by atoms with Gasteiger partial charge in [-0.25, -0.2) is 0 Å². The number of ether oxygens (including phenoxy) is 2. The van der Waals surface area contributed by atoms with E-state index in [1.165, 1.54) is 0 Å². The fraction of sp³-hybridized carbons (Fsp3) is 0.333. The van der Waals surface area contributed by atoms with Gasteiger partial charge in [-0.2, -0.15) is 0 Å². The highest BCUT2D eigenvalue weighted by Gasteiger charge is 2.35. The van der Waals surface area contributed by atoms with Crippen LogP contribution in [0.25, 0.3) is 0 Å². The molecule has 0 aliphatic carbocycles. The van der Waals surface area contributed by atoms with Crippen LogP contribution < -0.4 is 19.7 Å². The molecule has 0 radical (unpaired) electrons. The zero-order valence-corrected chi connectivity index (χ0v) is 16.7. The summed E-state index contributed by atoms with van der Waals surface area (Å²) in [5, 5.41) is 3.49. The predicted molar refractivity (Wildman–Crippen MR) is 108 cm³/mol. The summed E-state index contributed by atoms with van der Waals surface area (Å²) in [7, 11) is 3.18. The lowest BCUT2D eigenvalue weighted by molar-refractivity contribution is -0.126. The van der Waals surface area contributed by atoms with Gasteiger partial charge >= 0.3 is 0 Å². The normalized spacial score (nSPS) is 16.2. The van der Waals surface area contributed by atoms with Crippen molar-refractivity contribution >= 4 is 29.1 Å². The van der Waals surface area contributed by atoms with Crippen LogP contribution in [0.1, 0.15) is 12.0 Å². The Balaban J connectivity index is 1.54. The molecule has 1 saturated heterocycles. The van der Waals surface area contributed by atoms with E-state index < -0.39 is 0 Å². The van der Waals surface area contributed by atoms with E-state index in [0.717, 1.165) is 11.3 Å². The summed E-state index contributed by atoms with van der Waals surface area (Å²) in [6, 6.07) is 12.8. The number of hydrogen-bond donors (Lipinski definition) is 1. The molecule has 1 aliphatic rings. The van der Waals surface area contributed by atoms with Gasteiger partial charge in [0.05, 0.1) is 20.1 Å². The van der Waals surface area contributed by atoms with E-state index in [2.05, 4.69) is 5.32 Å². The summed E-state index contributed by atoms with van der Waals surface area (Å²) in [6.07, 6.45) is 0.861.